The molecule has 0 atom stereocenters. The number of carboxylic acids is 2. The SMILES string of the molecule is CCCCN1CCN/C1=N\c1ccccc1-c1ccccc1.O=C(O)/C=C/C(=O)O. The quantitative estimate of drug-likeness (QED) is 0.602. The highest BCUT2D eigenvalue weighted by atomic mass is 16.4. The Bertz CT molecular complexity index is 878. The normalized spacial score (nSPS) is 14.3. The minimum atomic E-state index is -1.26. The summed E-state index contributed by atoms with van der Waals surface area (Å²) in [7, 11) is 0. The molecule has 1 heterocycles. The van der Waals surface area contributed by atoms with E-state index in [9.17, 15) is 9.59 Å². The molecule has 3 rings (SSSR count). The molecule has 3 N–H and O–H groups in total. The van der Waals surface area contributed by atoms with Crippen LogP contribution >= 0.6 is 0 Å². The maximum absolute atomic E-state index is 9.55. The topological polar surface area (TPSA) is 102 Å². The summed E-state index contributed by atoms with van der Waals surface area (Å²) in [6.45, 7) is 5.34. The van der Waals surface area contributed by atoms with Crippen molar-refractivity contribution in [2.45, 2.75) is 19.8 Å². The van der Waals surface area contributed by atoms with Crippen molar-refractivity contribution in [1.82, 2.24) is 10.2 Å². The summed E-state index contributed by atoms with van der Waals surface area (Å²) in [6.07, 6.45) is 3.54. The Morgan fingerprint density at radius 1 is 1.03 bits per heavy atom. The molecule has 0 spiro atoms. The van der Waals surface area contributed by atoms with Gasteiger partial charge in [0.25, 0.3) is 0 Å². The molecule has 1 fully saturated rings. The molecule has 7 nitrogen and oxygen atoms in total. The molecule has 30 heavy (non-hydrogen) atoms. The maximum Gasteiger partial charge on any atom is 0.328 e. The number of carboxylic acid groups (broad SMARTS) is 2. The smallest absolute Gasteiger partial charge is 0.328 e. The molecular formula is C23H27N3O4. The summed E-state index contributed by atoms with van der Waals surface area (Å²) in [5.74, 6) is -1.50. The Balaban J connectivity index is 0.000000343. The minimum absolute atomic E-state index is 0.558. The van der Waals surface area contributed by atoms with Gasteiger partial charge in [-0.1, -0.05) is 61.9 Å². The molecule has 0 amide bonds. The molecule has 0 saturated carbocycles. The number of hydrogen-bond acceptors (Lipinski definition) is 3. The van der Waals surface area contributed by atoms with Crippen molar-refractivity contribution in [3.8, 4) is 11.1 Å². The minimum Gasteiger partial charge on any atom is -0.478 e. The van der Waals surface area contributed by atoms with E-state index in [0.29, 0.717) is 12.2 Å². The zero-order valence-corrected chi connectivity index (χ0v) is 17.0. The fourth-order valence-corrected chi connectivity index (χ4v) is 2.89. The number of carbonyl (C=O) groups is 2. The lowest BCUT2D eigenvalue weighted by Crippen LogP contribution is -2.30. The number of hydrogen-bond donors (Lipinski definition) is 3. The van der Waals surface area contributed by atoms with Crippen molar-refractivity contribution in [2.75, 3.05) is 19.6 Å². The molecule has 7 heteroatoms. The highest BCUT2D eigenvalue weighted by Gasteiger charge is 2.17. The fourth-order valence-electron chi connectivity index (χ4n) is 2.89. The zero-order chi connectivity index (χ0) is 21.8. The van der Waals surface area contributed by atoms with Gasteiger partial charge in [0.15, 0.2) is 5.96 Å². The first kappa shape index (κ1) is 22.7. The van der Waals surface area contributed by atoms with Crippen LogP contribution in [0, 0.1) is 0 Å². The van der Waals surface area contributed by atoms with Gasteiger partial charge in [-0.25, -0.2) is 14.6 Å². The number of guanidine groups is 1. The van der Waals surface area contributed by atoms with Crippen LogP contribution in [0.2, 0.25) is 0 Å². The molecular weight excluding hydrogens is 382 g/mol. The van der Waals surface area contributed by atoms with Gasteiger partial charge in [0.05, 0.1) is 5.69 Å². The van der Waals surface area contributed by atoms with Crippen LogP contribution in [0.1, 0.15) is 19.8 Å². The van der Waals surface area contributed by atoms with Crippen LogP contribution in [0.25, 0.3) is 11.1 Å². The Morgan fingerprint density at radius 3 is 2.30 bits per heavy atom. The number of nitrogens with zero attached hydrogens (tertiary/aromatic N) is 2. The molecule has 2 aromatic rings. The third-order valence-corrected chi connectivity index (χ3v) is 4.33. The third-order valence-electron chi connectivity index (χ3n) is 4.33. The summed E-state index contributed by atoms with van der Waals surface area (Å²) in [4.78, 5) is 26.4. The first-order valence-corrected chi connectivity index (χ1v) is 9.87. The largest absolute Gasteiger partial charge is 0.478 e. The predicted octanol–water partition coefficient (Wildman–Crippen LogP) is 3.76. The second-order valence-corrected chi connectivity index (χ2v) is 6.60. The summed E-state index contributed by atoms with van der Waals surface area (Å²) >= 11 is 0. The van der Waals surface area contributed by atoms with Crippen molar-refractivity contribution in [2.24, 2.45) is 4.99 Å². The Labute approximate surface area is 176 Å². The van der Waals surface area contributed by atoms with Crippen LogP contribution in [0.4, 0.5) is 5.69 Å². The van der Waals surface area contributed by atoms with Crippen LogP contribution in [0.5, 0.6) is 0 Å². The first-order valence-electron chi connectivity index (χ1n) is 9.87. The van der Waals surface area contributed by atoms with E-state index in [1.54, 1.807) is 0 Å². The van der Waals surface area contributed by atoms with Crippen molar-refractivity contribution in [3.05, 3.63) is 66.7 Å². The van der Waals surface area contributed by atoms with Gasteiger partial charge < -0.3 is 20.4 Å². The average molecular weight is 409 g/mol. The highest BCUT2D eigenvalue weighted by molar-refractivity contribution is 5.89. The molecule has 158 valence electrons. The molecule has 1 saturated heterocycles. The van der Waals surface area contributed by atoms with Gasteiger partial charge >= 0.3 is 11.9 Å². The van der Waals surface area contributed by atoms with Gasteiger partial charge in [0, 0.05) is 37.3 Å². The summed E-state index contributed by atoms with van der Waals surface area (Å²) in [5, 5.41) is 19.0. The molecule has 0 radical (unpaired) electrons. The van der Waals surface area contributed by atoms with E-state index in [0.717, 1.165) is 31.3 Å². The number of aliphatic carboxylic acids is 2. The van der Waals surface area contributed by atoms with Crippen molar-refractivity contribution in [3.63, 3.8) is 0 Å². The van der Waals surface area contributed by atoms with Crippen LogP contribution in [0.3, 0.4) is 0 Å². The van der Waals surface area contributed by atoms with Gasteiger partial charge in [-0.15, -0.1) is 0 Å². The van der Waals surface area contributed by atoms with E-state index in [1.807, 2.05) is 6.07 Å². The number of para-hydroxylation sites is 1. The number of benzene rings is 2. The van der Waals surface area contributed by atoms with Gasteiger partial charge in [-0.05, 0) is 18.1 Å². The number of rotatable bonds is 7. The van der Waals surface area contributed by atoms with Gasteiger partial charge in [-0.2, -0.15) is 0 Å². The van der Waals surface area contributed by atoms with E-state index in [-0.39, 0.29) is 0 Å². The van der Waals surface area contributed by atoms with Crippen LogP contribution < -0.4 is 5.32 Å². The third kappa shape index (κ3) is 7.43. The van der Waals surface area contributed by atoms with Gasteiger partial charge in [-0.3, -0.25) is 0 Å². The van der Waals surface area contributed by atoms with E-state index in [1.165, 1.54) is 24.0 Å². The predicted molar refractivity (Wildman–Crippen MR) is 118 cm³/mol. The Hall–Kier alpha value is -3.61. The second kappa shape index (κ2) is 12.1. The lowest BCUT2D eigenvalue weighted by atomic mass is 10.0. The molecule has 0 aromatic heterocycles. The van der Waals surface area contributed by atoms with E-state index in [2.05, 4.69) is 65.7 Å². The van der Waals surface area contributed by atoms with Crippen molar-refractivity contribution >= 4 is 23.6 Å². The average Bonchev–Trinajstić information content (AvgIpc) is 3.19. The van der Waals surface area contributed by atoms with E-state index >= 15 is 0 Å². The van der Waals surface area contributed by atoms with Crippen LogP contribution in [-0.2, 0) is 9.59 Å². The van der Waals surface area contributed by atoms with Crippen LogP contribution in [-0.4, -0.2) is 52.6 Å². The first-order chi connectivity index (χ1) is 14.5. The second-order valence-electron chi connectivity index (χ2n) is 6.60. The summed E-state index contributed by atoms with van der Waals surface area (Å²) in [6, 6.07) is 18.8. The monoisotopic (exact) mass is 409 g/mol. The molecule has 1 aliphatic rings. The van der Waals surface area contributed by atoms with E-state index in [4.69, 9.17) is 15.2 Å². The van der Waals surface area contributed by atoms with E-state index < -0.39 is 11.9 Å². The number of nitrogens with one attached hydrogen (secondary N) is 1. The van der Waals surface area contributed by atoms with Crippen molar-refractivity contribution in [1.29, 1.82) is 0 Å². The summed E-state index contributed by atoms with van der Waals surface area (Å²) in [5.41, 5.74) is 3.42. The fraction of sp³-hybridized carbons (Fsp3) is 0.261. The zero-order valence-electron chi connectivity index (χ0n) is 17.0. The highest BCUT2D eigenvalue weighted by Crippen LogP contribution is 2.30. The van der Waals surface area contributed by atoms with Crippen LogP contribution in [0.15, 0.2) is 71.7 Å². The maximum atomic E-state index is 9.55. The number of unbranched alkanes of at least 4 members (excludes halogenated alkanes) is 1. The Kier molecular flexibility index (Phi) is 9.12. The van der Waals surface area contributed by atoms with Gasteiger partial charge in [0.2, 0.25) is 0 Å². The van der Waals surface area contributed by atoms with Crippen molar-refractivity contribution < 1.29 is 19.8 Å². The number of aliphatic imine (C=N–C) groups is 1. The molecule has 2 aromatic carbocycles. The molecule has 0 bridgehead atoms. The standard InChI is InChI=1S/C19H23N3.C4H4O4/c1-2-3-14-22-15-13-20-19(22)21-18-12-8-7-11-17(18)16-9-5-4-6-10-16;5-3(6)1-2-4(7)8/h4-12H,2-3,13-15H2,1H3,(H,20,21);1-2H,(H,5,6)(H,7,8)/b;2-1+. The lowest BCUT2D eigenvalue weighted by molar-refractivity contribution is -0.134. The van der Waals surface area contributed by atoms with Gasteiger partial charge in [0.1, 0.15) is 0 Å². The molecule has 1 aliphatic heterocycles. The molecule has 0 aliphatic carbocycles. The lowest BCUT2D eigenvalue weighted by Gasteiger charge is -2.17. The molecule has 0 unspecified atom stereocenters. The Morgan fingerprint density at radius 2 is 1.67 bits per heavy atom. The summed E-state index contributed by atoms with van der Waals surface area (Å²) < 4.78 is 0.